The Morgan fingerprint density at radius 2 is 2.12 bits per heavy atom. The van der Waals surface area contributed by atoms with Gasteiger partial charge in [0.25, 0.3) is 0 Å². The Kier molecular flexibility index (Phi) is 5.46. The van der Waals surface area contributed by atoms with E-state index in [1.807, 2.05) is 0 Å². The highest BCUT2D eigenvalue weighted by Gasteiger charge is 2.18. The summed E-state index contributed by atoms with van der Waals surface area (Å²) >= 11 is 0. The second-order valence-electron chi connectivity index (χ2n) is 4.71. The summed E-state index contributed by atoms with van der Waals surface area (Å²) in [5.41, 5.74) is 5.73. The van der Waals surface area contributed by atoms with Crippen LogP contribution >= 0.6 is 0 Å². The van der Waals surface area contributed by atoms with Crippen LogP contribution in [0.25, 0.3) is 0 Å². The molecule has 0 radical (unpaired) electrons. The lowest BCUT2D eigenvalue weighted by atomic mass is 9.97. The molecule has 0 spiro atoms. The maximum atomic E-state index is 5.73. The summed E-state index contributed by atoms with van der Waals surface area (Å²) in [7, 11) is 0. The van der Waals surface area contributed by atoms with E-state index in [9.17, 15) is 0 Å². The molecule has 1 heterocycles. The molecule has 1 atom stereocenters. The van der Waals surface area contributed by atoms with Crippen LogP contribution in [0.15, 0.2) is 4.52 Å². The van der Waals surface area contributed by atoms with E-state index in [0.717, 1.165) is 31.5 Å². The molecule has 0 saturated carbocycles. The minimum absolute atomic E-state index is 0.211. The van der Waals surface area contributed by atoms with Crippen molar-refractivity contribution in [2.45, 2.75) is 52.4 Å². The Morgan fingerprint density at radius 3 is 2.69 bits per heavy atom. The highest BCUT2D eigenvalue weighted by molar-refractivity contribution is 4.95. The van der Waals surface area contributed by atoms with Crippen molar-refractivity contribution in [3.8, 4) is 0 Å². The molecular weight excluding hydrogens is 202 g/mol. The number of aryl methyl sites for hydroxylation is 1. The van der Waals surface area contributed by atoms with E-state index < -0.39 is 0 Å². The molecule has 0 aromatic carbocycles. The molecule has 92 valence electrons. The molecule has 0 aliphatic heterocycles. The van der Waals surface area contributed by atoms with E-state index in [0.29, 0.717) is 18.4 Å². The van der Waals surface area contributed by atoms with Crippen molar-refractivity contribution in [1.82, 2.24) is 10.1 Å². The third kappa shape index (κ3) is 3.93. The van der Waals surface area contributed by atoms with Gasteiger partial charge in [-0.05, 0) is 18.8 Å². The largest absolute Gasteiger partial charge is 0.339 e. The molecule has 0 fully saturated rings. The third-order valence-corrected chi connectivity index (χ3v) is 2.63. The predicted octanol–water partition coefficient (Wildman–Crippen LogP) is 2.50. The van der Waals surface area contributed by atoms with E-state index in [1.165, 1.54) is 0 Å². The quantitative estimate of drug-likeness (QED) is 0.774. The monoisotopic (exact) mass is 225 g/mol. The Hall–Kier alpha value is -0.900. The van der Waals surface area contributed by atoms with Gasteiger partial charge in [0.15, 0.2) is 5.82 Å². The third-order valence-electron chi connectivity index (χ3n) is 2.63. The Labute approximate surface area is 97.6 Å². The maximum absolute atomic E-state index is 5.73. The van der Waals surface area contributed by atoms with E-state index in [1.54, 1.807) is 0 Å². The minimum Gasteiger partial charge on any atom is -0.339 e. The fourth-order valence-corrected chi connectivity index (χ4v) is 1.74. The van der Waals surface area contributed by atoms with Crippen molar-refractivity contribution in [1.29, 1.82) is 0 Å². The first-order valence-corrected chi connectivity index (χ1v) is 6.19. The van der Waals surface area contributed by atoms with Crippen LogP contribution in [0.2, 0.25) is 0 Å². The second kappa shape index (κ2) is 6.63. The Balaban J connectivity index is 2.59. The molecule has 4 heteroatoms. The molecule has 1 aromatic heterocycles. The first kappa shape index (κ1) is 13.2. The lowest BCUT2D eigenvalue weighted by Gasteiger charge is -2.11. The van der Waals surface area contributed by atoms with Gasteiger partial charge in [0.1, 0.15) is 0 Å². The number of hydrogen-bond acceptors (Lipinski definition) is 4. The van der Waals surface area contributed by atoms with Crippen molar-refractivity contribution in [2.24, 2.45) is 11.7 Å². The summed E-state index contributed by atoms with van der Waals surface area (Å²) in [6, 6.07) is 0. The molecule has 0 aliphatic rings. The fourth-order valence-electron chi connectivity index (χ4n) is 1.74. The summed E-state index contributed by atoms with van der Waals surface area (Å²) in [4.78, 5) is 4.41. The van der Waals surface area contributed by atoms with E-state index >= 15 is 0 Å². The Bertz CT molecular complexity index is 296. The molecule has 4 nitrogen and oxygen atoms in total. The molecule has 0 amide bonds. The van der Waals surface area contributed by atoms with Crippen molar-refractivity contribution >= 4 is 0 Å². The topological polar surface area (TPSA) is 64.9 Å². The standard InChI is InChI=1S/C12H23N3O/c1-4-5-6-11-14-12(16-15-11)10(8-13)7-9(2)3/h9-10H,4-8,13H2,1-3H3. The van der Waals surface area contributed by atoms with Crippen LogP contribution in [0.3, 0.4) is 0 Å². The summed E-state index contributed by atoms with van der Waals surface area (Å²) in [5, 5.41) is 3.99. The van der Waals surface area contributed by atoms with E-state index in [4.69, 9.17) is 10.3 Å². The molecule has 1 unspecified atom stereocenters. The molecule has 0 saturated heterocycles. The van der Waals surface area contributed by atoms with Gasteiger partial charge in [0.2, 0.25) is 5.89 Å². The van der Waals surface area contributed by atoms with Gasteiger partial charge in [0, 0.05) is 13.0 Å². The molecular formula is C12H23N3O. The first-order valence-electron chi connectivity index (χ1n) is 6.19. The number of rotatable bonds is 7. The molecule has 1 rings (SSSR count). The smallest absolute Gasteiger partial charge is 0.231 e. The zero-order valence-electron chi connectivity index (χ0n) is 10.6. The zero-order chi connectivity index (χ0) is 12.0. The molecule has 2 N–H and O–H groups in total. The normalized spacial score (nSPS) is 13.3. The number of nitrogens with two attached hydrogens (primary N) is 1. The van der Waals surface area contributed by atoms with Gasteiger partial charge in [-0.2, -0.15) is 4.98 Å². The van der Waals surface area contributed by atoms with Crippen LogP contribution in [-0.2, 0) is 6.42 Å². The average molecular weight is 225 g/mol. The van der Waals surface area contributed by atoms with Crippen LogP contribution in [0.4, 0.5) is 0 Å². The number of nitrogens with zero attached hydrogens (tertiary/aromatic N) is 2. The maximum Gasteiger partial charge on any atom is 0.231 e. The zero-order valence-corrected chi connectivity index (χ0v) is 10.6. The number of unbranched alkanes of at least 4 members (excludes halogenated alkanes) is 1. The molecule has 1 aromatic rings. The van der Waals surface area contributed by atoms with Crippen molar-refractivity contribution in [2.75, 3.05) is 6.54 Å². The first-order chi connectivity index (χ1) is 7.67. The lowest BCUT2D eigenvalue weighted by Crippen LogP contribution is -2.15. The highest BCUT2D eigenvalue weighted by Crippen LogP contribution is 2.21. The van der Waals surface area contributed by atoms with Gasteiger partial charge >= 0.3 is 0 Å². The van der Waals surface area contributed by atoms with Gasteiger partial charge in [0.05, 0.1) is 5.92 Å². The van der Waals surface area contributed by atoms with Crippen LogP contribution in [-0.4, -0.2) is 16.7 Å². The molecule has 0 bridgehead atoms. The van der Waals surface area contributed by atoms with Gasteiger partial charge in [-0.3, -0.25) is 0 Å². The molecule has 16 heavy (non-hydrogen) atoms. The summed E-state index contributed by atoms with van der Waals surface area (Å²) < 4.78 is 5.27. The van der Waals surface area contributed by atoms with Gasteiger partial charge in [-0.15, -0.1) is 0 Å². The fraction of sp³-hybridized carbons (Fsp3) is 0.833. The van der Waals surface area contributed by atoms with Crippen LogP contribution in [0, 0.1) is 5.92 Å². The van der Waals surface area contributed by atoms with E-state index in [2.05, 4.69) is 30.9 Å². The van der Waals surface area contributed by atoms with Gasteiger partial charge in [-0.25, -0.2) is 0 Å². The number of aromatic nitrogens is 2. The van der Waals surface area contributed by atoms with Crippen molar-refractivity contribution in [3.63, 3.8) is 0 Å². The van der Waals surface area contributed by atoms with Gasteiger partial charge in [-0.1, -0.05) is 32.3 Å². The lowest BCUT2D eigenvalue weighted by molar-refractivity contribution is 0.331. The minimum atomic E-state index is 0.211. The molecule has 0 aliphatic carbocycles. The SMILES string of the molecule is CCCCc1noc(C(CN)CC(C)C)n1. The van der Waals surface area contributed by atoms with Crippen molar-refractivity contribution < 1.29 is 4.52 Å². The Morgan fingerprint density at radius 1 is 1.38 bits per heavy atom. The van der Waals surface area contributed by atoms with Crippen LogP contribution < -0.4 is 5.73 Å². The summed E-state index contributed by atoms with van der Waals surface area (Å²) in [6.07, 6.45) is 4.16. The van der Waals surface area contributed by atoms with Crippen LogP contribution in [0.1, 0.15) is 57.7 Å². The van der Waals surface area contributed by atoms with Gasteiger partial charge < -0.3 is 10.3 Å². The number of hydrogen-bond donors (Lipinski definition) is 1. The van der Waals surface area contributed by atoms with Crippen LogP contribution in [0.5, 0.6) is 0 Å². The average Bonchev–Trinajstić information content (AvgIpc) is 2.71. The second-order valence-corrected chi connectivity index (χ2v) is 4.71. The summed E-state index contributed by atoms with van der Waals surface area (Å²) in [5.74, 6) is 2.34. The highest BCUT2D eigenvalue weighted by atomic mass is 16.5. The van der Waals surface area contributed by atoms with E-state index in [-0.39, 0.29) is 5.92 Å². The van der Waals surface area contributed by atoms with Crippen molar-refractivity contribution in [3.05, 3.63) is 11.7 Å². The summed E-state index contributed by atoms with van der Waals surface area (Å²) in [6.45, 7) is 7.09. The predicted molar refractivity (Wildman–Crippen MR) is 64.2 cm³/mol.